The lowest BCUT2D eigenvalue weighted by molar-refractivity contribution is 0.0455. The first kappa shape index (κ1) is 21.2. The van der Waals surface area contributed by atoms with Gasteiger partial charge in [0.1, 0.15) is 6.61 Å². The van der Waals surface area contributed by atoms with Crippen LogP contribution in [0, 0.1) is 6.92 Å². The van der Waals surface area contributed by atoms with Crippen molar-refractivity contribution in [1.29, 1.82) is 0 Å². The van der Waals surface area contributed by atoms with E-state index in [0.717, 1.165) is 71.8 Å². The van der Waals surface area contributed by atoms with E-state index in [-0.39, 0.29) is 5.97 Å². The van der Waals surface area contributed by atoms with Gasteiger partial charge in [0.2, 0.25) is 0 Å². The molecule has 1 saturated heterocycles. The number of ether oxygens (including phenoxy) is 1. The molecule has 5 rings (SSSR count). The molecule has 33 heavy (non-hydrogen) atoms. The number of fused-ring (bicyclic) bond motifs is 1. The number of H-pyrrole nitrogens is 1. The molecular weight excluding hydrogens is 416 g/mol. The minimum Gasteiger partial charge on any atom is -0.461 e. The summed E-state index contributed by atoms with van der Waals surface area (Å²) in [5, 5.41) is 11.5. The number of aryl methyl sites for hydroxylation is 1. The maximum absolute atomic E-state index is 12.6. The fraction of sp³-hybridized carbons (Fsp3) is 0.280. The molecule has 0 unspecified atom stereocenters. The van der Waals surface area contributed by atoms with Gasteiger partial charge in [-0.25, -0.2) is 4.79 Å². The van der Waals surface area contributed by atoms with Gasteiger partial charge in [0.25, 0.3) is 0 Å². The van der Waals surface area contributed by atoms with Crippen LogP contribution < -0.4 is 5.32 Å². The van der Waals surface area contributed by atoms with E-state index in [4.69, 9.17) is 4.74 Å². The molecule has 0 saturated carbocycles. The van der Waals surface area contributed by atoms with Crippen LogP contribution in [0.3, 0.4) is 0 Å². The van der Waals surface area contributed by atoms with Crippen molar-refractivity contribution >= 4 is 16.9 Å². The number of piperazine rings is 1. The Morgan fingerprint density at radius 3 is 2.85 bits per heavy atom. The highest BCUT2D eigenvalue weighted by molar-refractivity contribution is 5.95. The normalized spacial score (nSPS) is 14.5. The number of benzene rings is 1. The smallest absolute Gasteiger partial charge is 0.339 e. The molecule has 8 heteroatoms. The summed E-state index contributed by atoms with van der Waals surface area (Å²) in [7, 11) is 0. The van der Waals surface area contributed by atoms with E-state index in [1.807, 2.05) is 49.4 Å². The Hall–Kier alpha value is -3.62. The zero-order valence-corrected chi connectivity index (χ0v) is 18.5. The molecule has 1 aliphatic rings. The fourth-order valence-corrected chi connectivity index (χ4v) is 4.08. The van der Waals surface area contributed by atoms with Crippen molar-refractivity contribution in [1.82, 2.24) is 30.4 Å². The predicted molar refractivity (Wildman–Crippen MR) is 127 cm³/mol. The minimum atomic E-state index is -0.349. The quantitative estimate of drug-likeness (QED) is 0.443. The minimum absolute atomic E-state index is 0.349. The summed E-state index contributed by atoms with van der Waals surface area (Å²) in [4.78, 5) is 24.0. The molecule has 8 nitrogen and oxygen atoms in total. The van der Waals surface area contributed by atoms with Gasteiger partial charge in [-0.1, -0.05) is 12.1 Å². The van der Waals surface area contributed by atoms with E-state index in [0.29, 0.717) is 12.2 Å². The van der Waals surface area contributed by atoms with E-state index in [2.05, 4.69) is 30.4 Å². The van der Waals surface area contributed by atoms with Gasteiger partial charge in [-0.2, -0.15) is 5.10 Å². The average Bonchev–Trinajstić information content (AvgIpc) is 3.34. The Balaban J connectivity index is 1.35. The lowest BCUT2D eigenvalue weighted by Crippen LogP contribution is -2.44. The molecule has 168 valence electrons. The molecule has 1 aromatic carbocycles. The predicted octanol–water partition coefficient (Wildman–Crippen LogP) is 3.06. The van der Waals surface area contributed by atoms with Gasteiger partial charge in [0.05, 0.1) is 28.7 Å². The average molecular weight is 443 g/mol. The molecular formula is C25H26N6O2. The summed E-state index contributed by atoms with van der Waals surface area (Å²) in [5.41, 5.74) is 5.81. The van der Waals surface area contributed by atoms with Crippen LogP contribution >= 0.6 is 0 Å². The summed E-state index contributed by atoms with van der Waals surface area (Å²) >= 11 is 0. The van der Waals surface area contributed by atoms with E-state index < -0.39 is 0 Å². The first-order chi connectivity index (χ1) is 16.2. The molecule has 0 amide bonds. The number of carbonyl (C=O) groups is 1. The van der Waals surface area contributed by atoms with Crippen LogP contribution in [0.5, 0.6) is 0 Å². The van der Waals surface area contributed by atoms with Gasteiger partial charge in [-0.05, 0) is 42.8 Å². The molecule has 4 aromatic rings. The maximum Gasteiger partial charge on any atom is 0.339 e. The number of hydrogen-bond donors (Lipinski definition) is 2. The van der Waals surface area contributed by atoms with Gasteiger partial charge in [-0.15, -0.1) is 0 Å². The second-order valence-electron chi connectivity index (χ2n) is 8.18. The first-order valence-electron chi connectivity index (χ1n) is 11.2. The van der Waals surface area contributed by atoms with Gasteiger partial charge >= 0.3 is 5.97 Å². The topological polar surface area (TPSA) is 96.0 Å². The van der Waals surface area contributed by atoms with E-state index in [1.54, 1.807) is 12.4 Å². The number of pyridine rings is 2. The Labute approximate surface area is 192 Å². The number of nitrogens with zero attached hydrogens (tertiary/aromatic N) is 4. The SMILES string of the molecule is Cc1cccc(-c2[nH]ncc2-c2ccc3ncc(C(=O)OCCN4CCNCC4)cc3c2)n1. The third-order valence-electron chi connectivity index (χ3n) is 5.86. The standard InChI is InChI=1S/C25H26N6O2/c1-17-3-2-4-23(29-17)24-21(16-28-30-24)18-5-6-22-19(13-18)14-20(15-27-22)25(32)33-12-11-31-9-7-26-8-10-31/h2-6,13-16,26H,7-12H2,1H3,(H,28,30). The molecule has 0 atom stereocenters. The van der Waals surface area contributed by atoms with Crippen molar-refractivity contribution in [2.45, 2.75) is 6.92 Å². The monoisotopic (exact) mass is 442 g/mol. The molecule has 1 fully saturated rings. The Bertz CT molecular complexity index is 1280. The van der Waals surface area contributed by atoms with Crippen LogP contribution in [0.2, 0.25) is 0 Å². The number of aromatic amines is 1. The highest BCUT2D eigenvalue weighted by Crippen LogP contribution is 2.31. The fourth-order valence-electron chi connectivity index (χ4n) is 4.08. The maximum atomic E-state index is 12.6. The summed E-state index contributed by atoms with van der Waals surface area (Å²) < 4.78 is 5.51. The van der Waals surface area contributed by atoms with Crippen LogP contribution in [0.15, 0.2) is 54.9 Å². The third-order valence-corrected chi connectivity index (χ3v) is 5.86. The molecule has 1 aliphatic heterocycles. The molecule has 0 radical (unpaired) electrons. The number of esters is 1. The van der Waals surface area contributed by atoms with Crippen molar-refractivity contribution in [2.75, 3.05) is 39.3 Å². The van der Waals surface area contributed by atoms with Crippen LogP contribution in [-0.4, -0.2) is 70.4 Å². The molecule has 4 heterocycles. The van der Waals surface area contributed by atoms with Crippen LogP contribution in [0.25, 0.3) is 33.4 Å². The zero-order valence-electron chi connectivity index (χ0n) is 18.5. The van der Waals surface area contributed by atoms with Crippen molar-refractivity contribution in [3.05, 3.63) is 66.1 Å². The van der Waals surface area contributed by atoms with Crippen LogP contribution in [-0.2, 0) is 4.74 Å². The second kappa shape index (κ2) is 9.48. The Morgan fingerprint density at radius 1 is 1.12 bits per heavy atom. The Morgan fingerprint density at radius 2 is 2.00 bits per heavy atom. The van der Waals surface area contributed by atoms with Gasteiger partial charge in [-0.3, -0.25) is 20.0 Å². The van der Waals surface area contributed by atoms with Crippen LogP contribution in [0.4, 0.5) is 0 Å². The highest BCUT2D eigenvalue weighted by atomic mass is 16.5. The molecule has 0 bridgehead atoms. The van der Waals surface area contributed by atoms with Crippen molar-refractivity contribution in [2.24, 2.45) is 0 Å². The molecule has 3 aromatic heterocycles. The Kier molecular flexibility index (Phi) is 6.10. The van der Waals surface area contributed by atoms with Crippen LogP contribution in [0.1, 0.15) is 16.1 Å². The van der Waals surface area contributed by atoms with Gasteiger partial charge < -0.3 is 10.1 Å². The highest BCUT2D eigenvalue weighted by Gasteiger charge is 2.15. The summed E-state index contributed by atoms with van der Waals surface area (Å²) in [6, 6.07) is 13.7. The summed E-state index contributed by atoms with van der Waals surface area (Å²) in [5.74, 6) is -0.349. The number of nitrogens with one attached hydrogen (secondary N) is 2. The van der Waals surface area contributed by atoms with Crippen molar-refractivity contribution < 1.29 is 9.53 Å². The summed E-state index contributed by atoms with van der Waals surface area (Å²) in [6.45, 7) is 6.99. The van der Waals surface area contributed by atoms with E-state index >= 15 is 0 Å². The lowest BCUT2D eigenvalue weighted by atomic mass is 10.0. The molecule has 2 N–H and O–H groups in total. The lowest BCUT2D eigenvalue weighted by Gasteiger charge is -2.26. The molecule has 0 spiro atoms. The number of rotatable bonds is 6. The van der Waals surface area contributed by atoms with Crippen molar-refractivity contribution in [3.63, 3.8) is 0 Å². The van der Waals surface area contributed by atoms with Gasteiger partial charge in [0.15, 0.2) is 0 Å². The second-order valence-corrected chi connectivity index (χ2v) is 8.18. The van der Waals surface area contributed by atoms with E-state index in [9.17, 15) is 4.79 Å². The largest absolute Gasteiger partial charge is 0.461 e. The first-order valence-corrected chi connectivity index (χ1v) is 11.2. The number of carbonyl (C=O) groups excluding carboxylic acids is 1. The molecule has 0 aliphatic carbocycles. The number of aromatic nitrogens is 4. The zero-order chi connectivity index (χ0) is 22.6. The summed E-state index contributed by atoms with van der Waals surface area (Å²) in [6.07, 6.45) is 3.37. The van der Waals surface area contributed by atoms with Gasteiger partial charge in [0, 0.05) is 55.6 Å². The number of hydrogen-bond acceptors (Lipinski definition) is 7. The van der Waals surface area contributed by atoms with E-state index in [1.165, 1.54) is 0 Å². The van der Waals surface area contributed by atoms with Crippen molar-refractivity contribution in [3.8, 4) is 22.5 Å². The third kappa shape index (κ3) is 4.76.